The Morgan fingerprint density at radius 2 is 1.88 bits per heavy atom. The maximum Gasteiger partial charge on any atom is 0.308 e. The second-order valence-electron chi connectivity index (χ2n) is 6.04. The van der Waals surface area contributed by atoms with Crippen molar-refractivity contribution in [3.63, 3.8) is 0 Å². The topological polar surface area (TPSA) is 72.8 Å². The van der Waals surface area contributed by atoms with E-state index in [1.165, 1.54) is 13.0 Å². The molecule has 2 aromatic rings. The van der Waals surface area contributed by atoms with Crippen molar-refractivity contribution in [3.05, 3.63) is 43.8 Å². The smallest absolute Gasteiger partial charge is 0.308 e. The van der Waals surface area contributed by atoms with Gasteiger partial charge in [-0.3, -0.25) is 9.59 Å². The molecule has 7 heteroatoms. The van der Waals surface area contributed by atoms with E-state index in [2.05, 4.69) is 31.9 Å². The van der Waals surface area contributed by atoms with Crippen LogP contribution in [0.1, 0.15) is 48.2 Å². The second-order valence-corrected chi connectivity index (χ2v) is 7.69. The molecule has 0 aliphatic carbocycles. The van der Waals surface area contributed by atoms with Crippen molar-refractivity contribution in [2.24, 2.45) is 0 Å². The van der Waals surface area contributed by atoms with E-state index in [0.29, 0.717) is 43.6 Å². The van der Waals surface area contributed by atoms with Crippen LogP contribution < -0.4 is 9.47 Å². The number of carbonyl (C=O) groups is 2. The van der Waals surface area contributed by atoms with Crippen LogP contribution in [0.5, 0.6) is 23.0 Å². The van der Waals surface area contributed by atoms with E-state index >= 15 is 0 Å². The van der Waals surface area contributed by atoms with Gasteiger partial charge in [0, 0.05) is 18.1 Å². The van der Waals surface area contributed by atoms with Gasteiger partial charge < -0.3 is 14.6 Å². The zero-order valence-corrected chi connectivity index (χ0v) is 17.9. The summed E-state index contributed by atoms with van der Waals surface area (Å²) in [6.45, 7) is 6.94. The van der Waals surface area contributed by atoms with Crippen molar-refractivity contribution in [1.29, 1.82) is 0 Å². The van der Waals surface area contributed by atoms with E-state index < -0.39 is 5.97 Å². The lowest BCUT2D eigenvalue weighted by Crippen LogP contribution is -2.04. The average molecular weight is 486 g/mol. The van der Waals surface area contributed by atoms with E-state index in [0.717, 1.165) is 0 Å². The Kier molecular flexibility index (Phi) is 6.47. The third kappa shape index (κ3) is 4.27. The predicted molar refractivity (Wildman–Crippen MR) is 106 cm³/mol. The molecular weight excluding hydrogens is 468 g/mol. The maximum absolute atomic E-state index is 11.3. The predicted octanol–water partition coefficient (Wildman–Crippen LogP) is 5.88. The number of hydrogen-bond acceptors (Lipinski definition) is 5. The van der Waals surface area contributed by atoms with Crippen molar-refractivity contribution < 1.29 is 24.2 Å². The summed E-state index contributed by atoms with van der Waals surface area (Å²) in [5.74, 6) is 0.839. The minimum Gasteiger partial charge on any atom is -0.507 e. The first-order chi connectivity index (χ1) is 12.1. The number of hydrogen-bond donors (Lipinski definition) is 1. The molecule has 0 saturated carbocycles. The van der Waals surface area contributed by atoms with Crippen LogP contribution >= 0.6 is 31.9 Å². The van der Waals surface area contributed by atoms with Gasteiger partial charge in [-0.1, -0.05) is 13.8 Å². The molecule has 1 N–H and O–H groups in total. The lowest BCUT2D eigenvalue weighted by Gasteiger charge is -2.17. The first kappa shape index (κ1) is 20.5. The summed E-state index contributed by atoms with van der Waals surface area (Å²) in [5, 5.41) is 10.2. The normalized spacial score (nSPS) is 10.7. The molecule has 26 heavy (non-hydrogen) atoms. The zero-order chi connectivity index (χ0) is 19.6. The summed E-state index contributed by atoms with van der Waals surface area (Å²) in [6, 6.07) is 4.81. The van der Waals surface area contributed by atoms with Gasteiger partial charge in [-0.2, -0.15) is 0 Å². The van der Waals surface area contributed by atoms with Gasteiger partial charge in [-0.15, -0.1) is 0 Å². The standard InChI is InChI=1S/C19H18Br2O5/c1-9(2)14-6-13(5-12(8-22)18(14)24)26-19-15(20)7-16(25-11(4)23)10(3)17(19)21/h5-9,24H,1-4H3. The van der Waals surface area contributed by atoms with E-state index in [1.807, 2.05) is 13.8 Å². The van der Waals surface area contributed by atoms with Gasteiger partial charge in [0.05, 0.1) is 14.5 Å². The third-order valence-electron chi connectivity index (χ3n) is 3.74. The second kappa shape index (κ2) is 8.22. The molecule has 0 amide bonds. The van der Waals surface area contributed by atoms with E-state index in [9.17, 15) is 14.7 Å². The van der Waals surface area contributed by atoms with Crippen LogP contribution in [0, 0.1) is 6.92 Å². The molecule has 0 fully saturated rings. The summed E-state index contributed by atoms with van der Waals surface area (Å²) in [5.41, 5.74) is 1.47. The number of rotatable bonds is 5. The molecule has 0 heterocycles. The van der Waals surface area contributed by atoms with Crippen LogP contribution in [0.4, 0.5) is 0 Å². The minimum atomic E-state index is -0.420. The minimum absolute atomic E-state index is 0.0113. The first-order valence-corrected chi connectivity index (χ1v) is 9.41. The molecule has 2 rings (SSSR count). The Morgan fingerprint density at radius 3 is 2.42 bits per heavy atom. The molecule has 0 aliphatic rings. The fraction of sp³-hybridized carbons (Fsp3) is 0.263. The van der Waals surface area contributed by atoms with E-state index in [1.54, 1.807) is 19.1 Å². The number of ether oxygens (including phenoxy) is 2. The van der Waals surface area contributed by atoms with E-state index in [4.69, 9.17) is 9.47 Å². The highest BCUT2D eigenvalue weighted by atomic mass is 79.9. The van der Waals surface area contributed by atoms with Crippen LogP contribution in [0.2, 0.25) is 0 Å². The van der Waals surface area contributed by atoms with Gasteiger partial charge in [-0.25, -0.2) is 0 Å². The summed E-state index contributed by atoms with van der Waals surface area (Å²) in [7, 11) is 0. The quantitative estimate of drug-likeness (QED) is 0.325. The average Bonchev–Trinajstić information content (AvgIpc) is 2.56. The molecular formula is C19H18Br2O5. The van der Waals surface area contributed by atoms with Crippen LogP contribution in [-0.4, -0.2) is 17.4 Å². The highest BCUT2D eigenvalue weighted by Gasteiger charge is 2.19. The molecule has 0 radical (unpaired) electrons. The molecule has 5 nitrogen and oxygen atoms in total. The van der Waals surface area contributed by atoms with Crippen molar-refractivity contribution in [3.8, 4) is 23.0 Å². The maximum atomic E-state index is 11.3. The summed E-state index contributed by atoms with van der Waals surface area (Å²) >= 11 is 6.87. The first-order valence-electron chi connectivity index (χ1n) is 7.82. The van der Waals surface area contributed by atoms with Crippen LogP contribution in [0.3, 0.4) is 0 Å². The van der Waals surface area contributed by atoms with Crippen molar-refractivity contribution >= 4 is 44.1 Å². The number of phenols is 1. The Labute approximate surface area is 168 Å². The molecule has 138 valence electrons. The summed E-state index contributed by atoms with van der Waals surface area (Å²) in [4.78, 5) is 22.5. The summed E-state index contributed by atoms with van der Waals surface area (Å²) in [6.07, 6.45) is 0.590. The Morgan fingerprint density at radius 1 is 1.23 bits per heavy atom. The van der Waals surface area contributed by atoms with Crippen molar-refractivity contribution in [1.82, 2.24) is 0 Å². The lowest BCUT2D eigenvalue weighted by molar-refractivity contribution is -0.131. The van der Waals surface area contributed by atoms with Crippen LogP contribution in [0.25, 0.3) is 0 Å². The number of halogens is 2. The fourth-order valence-corrected chi connectivity index (χ4v) is 3.63. The number of esters is 1. The highest BCUT2D eigenvalue weighted by molar-refractivity contribution is 9.11. The number of aromatic hydroxyl groups is 1. The Balaban J connectivity index is 2.52. The van der Waals surface area contributed by atoms with Gasteiger partial charge in [-0.05, 0) is 62.9 Å². The largest absolute Gasteiger partial charge is 0.507 e. The molecule has 2 aromatic carbocycles. The monoisotopic (exact) mass is 484 g/mol. The molecule has 0 spiro atoms. The van der Waals surface area contributed by atoms with Gasteiger partial charge in [0.1, 0.15) is 17.2 Å². The molecule has 0 atom stereocenters. The zero-order valence-electron chi connectivity index (χ0n) is 14.7. The fourth-order valence-electron chi connectivity index (χ4n) is 2.38. The number of aldehydes is 1. The Bertz CT molecular complexity index is 875. The summed E-state index contributed by atoms with van der Waals surface area (Å²) < 4.78 is 12.3. The third-order valence-corrected chi connectivity index (χ3v) is 5.28. The van der Waals surface area contributed by atoms with Gasteiger partial charge >= 0.3 is 5.97 Å². The van der Waals surface area contributed by atoms with Crippen molar-refractivity contribution in [2.75, 3.05) is 0 Å². The number of benzene rings is 2. The van der Waals surface area contributed by atoms with Crippen LogP contribution in [-0.2, 0) is 4.79 Å². The SMILES string of the molecule is CC(=O)Oc1cc(Br)c(Oc2cc(C=O)c(O)c(C(C)C)c2)c(Br)c1C. The molecule has 0 bridgehead atoms. The molecule has 0 saturated heterocycles. The van der Waals surface area contributed by atoms with Gasteiger partial charge in [0.25, 0.3) is 0 Å². The molecule has 0 unspecified atom stereocenters. The van der Waals surface area contributed by atoms with Gasteiger partial charge in [0.2, 0.25) is 0 Å². The lowest BCUT2D eigenvalue weighted by atomic mass is 9.99. The Hall–Kier alpha value is -1.86. The molecule has 0 aliphatic heterocycles. The van der Waals surface area contributed by atoms with Crippen molar-refractivity contribution in [2.45, 2.75) is 33.6 Å². The van der Waals surface area contributed by atoms with Crippen LogP contribution in [0.15, 0.2) is 27.1 Å². The number of phenolic OH excluding ortho intramolecular Hbond substituents is 1. The highest BCUT2D eigenvalue weighted by Crippen LogP contribution is 2.44. The van der Waals surface area contributed by atoms with E-state index in [-0.39, 0.29) is 17.2 Å². The molecule has 0 aromatic heterocycles. The number of carbonyl (C=O) groups excluding carboxylic acids is 2. The van der Waals surface area contributed by atoms with Gasteiger partial charge in [0.15, 0.2) is 12.0 Å².